The maximum Gasteiger partial charge on any atom is 0.409 e. The van der Waals surface area contributed by atoms with Gasteiger partial charge in [0.15, 0.2) is 5.75 Å². The predicted octanol–water partition coefficient (Wildman–Crippen LogP) is 1.07. The molecule has 76 valence electrons. The minimum atomic E-state index is -3.91. The van der Waals surface area contributed by atoms with Crippen LogP contribution in [0.2, 0.25) is 0 Å². The first-order chi connectivity index (χ1) is 6.41. The van der Waals surface area contributed by atoms with Crippen molar-refractivity contribution < 1.29 is 17.9 Å². The Bertz CT molecular complexity index is 457. The second-order valence-corrected chi connectivity index (χ2v) is 4.17. The lowest BCUT2D eigenvalue weighted by molar-refractivity contribution is 0.224. The molecule has 0 spiro atoms. The Hall–Kier alpha value is -1.11. The molecule has 5 nitrogen and oxygen atoms in total. The van der Waals surface area contributed by atoms with Crippen LogP contribution in [0.5, 0.6) is 5.75 Å². The monoisotopic (exact) mass is 235 g/mol. The molecule has 1 rings (SSSR count). The molecule has 0 aliphatic rings. The van der Waals surface area contributed by atoms with E-state index in [0.717, 1.165) is 0 Å². The molecule has 0 saturated heterocycles. The lowest BCUT2D eigenvalue weighted by Gasteiger charge is -2.04. The molecule has 0 fully saturated rings. The molecule has 0 saturated carbocycles. The van der Waals surface area contributed by atoms with E-state index in [9.17, 15) is 13.2 Å². The van der Waals surface area contributed by atoms with Crippen molar-refractivity contribution in [3.05, 3.63) is 24.3 Å². The summed E-state index contributed by atoms with van der Waals surface area (Å²) in [6.45, 7) is 0. The Labute approximate surface area is 85.5 Å². The molecular weight excluding hydrogens is 230 g/mol. The summed E-state index contributed by atoms with van der Waals surface area (Å²) in [5, 5.41) is 4.87. The highest BCUT2D eigenvalue weighted by atomic mass is 35.5. The number of rotatable bonds is 2. The van der Waals surface area contributed by atoms with Crippen LogP contribution in [0.15, 0.2) is 29.2 Å². The zero-order valence-corrected chi connectivity index (χ0v) is 8.38. The standard InChI is InChI=1S/C7H6ClNO4S/c8-7(10)13-5-3-1-2-4-6(5)14(9,11)12/h1-4H,(H2,9,11,12). The van der Waals surface area contributed by atoms with Crippen molar-refractivity contribution in [2.24, 2.45) is 5.14 Å². The first-order valence-electron chi connectivity index (χ1n) is 3.40. The van der Waals surface area contributed by atoms with Crippen molar-refractivity contribution in [3.8, 4) is 5.75 Å². The summed E-state index contributed by atoms with van der Waals surface area (Å²) in [6, 6.07) is 5.43. The molecule has 1 aromatic carbocycles. The molecule has 14 heavy (non-hydrogen) atoms. The number of hydrogen-bond donors (Lipinski definition) is 1. The van der Waals surface area contributed by atoms with Crippen molar-refractivity contribution in [1.29, 1.82) is 0 Å². The summed E-state index contributed by atoms with van der Waals surface area (Å²) in [4.78, 5) is 10.1. The number of hydrogen-bond acceptors (Lipinski definition) is 4. The minimum absolute atomic E-state index is 0.185. The molecule has 0 aliphatic heterocycles. The second-order valence-electron chi connectivity index (χ2n) is 2.33. The quantitative estimate of drug-likeness (QED) is 0.777. The van der Waals surface area contributed by atoms with Crippen LogP contribution < -0.4 is 9.88 Å². The number of sulfonamides is 1. The summed E-state index contributed by atoms with van der Waals surface area (Å²) < 4.78 is 26.4. The smallest absolute Gasteiger partial charge is 0.409 e. The Morgan fingerprint density at radius 2 is 1.93 bits per heavy atom. The van der Waals surface area contributed by atoms with E-state index in [1.807, 2.05) is 0 Å². The van der Waals surface area contributed by atoms with Gasteiger partial charge in [0.05, 0.1) is 0 Å². The molecule has 1 aromatic rings. The second kappa shape index (κ2) is 3.95. The largest absolute Gasteiger partial charge is 0.413 e. The summed E-state index contributed by atoms with van der Waals surface area (Å²) in [6.07, 6.45) is 0. The van der Waals surface area contributed by atoms with Gasteiger partial charge >= 0.3 is 5.43 Å². The van der Waals surface area contributed by atoms with E-state index in [1.54, 1.807) is 0 Å². The van der Waals surface area contributed by atoms with Crippen LogP contribution >= 0.6 is 11.6 Å². The lowest BCUT2D eigenvalue weighted by atomic mass is 10.3. The van der Waals surface area contributed by atoms with Gasteiger partial charge in [-0.2, -0.15) is 0 Å². The summed E-state index contributed by atoms with van der Waals surface area (Å²) in [7, 11) is -3.91. The summed E-state index contributed by atoms with van der Waals surface area (Å²) in [5.74, 6) is -0.185. The van der Waals surface area contributed by atoms with Gasteiger partial charge in [0.1, 0.15) is 4.90 Å². The zero-order valence-electron chi connectivity index (χ0n) is 6.81. The van der Waals surface area contributed by atoms with Gasteiger partial charge in [-0.1, -0.05) is 12.1 Å². The van der Waals surface area contributed by atoms with E-state index in [-0.39, 0.29) is 10.6 Å². The third kappa shape index (κ3) is 2.69. The van der Waals surface area contributed by atoms with E-state index in [2.05, 4.69) is 4.74 Å². The molecule has 2 N–H and O–H groups in total. The van der Waals surface area contributed by atoms with Gasteiger partial charge in [-0.3, -0.25) is 0 Å². The Morgan fingerprint density at radius 3 is 2.43 bits per heavy atom. The Balaban J connectivity index is 3.23. The number of carbonyl (C=O) groups excluding carboxylic acids is 1. The molecule has 0 aromatic heterocycles. The molecular formula is C7H6ClNO4S. The molecule has 0 amide bonds. The van der Waals surface area contributed by atoms with Gasteiger partial charge in [-0.25, -0.2) is 18.4 Å². The molecule has 0 bridgehead atoms. The Morgan fingerprint density at radius 1 is 1.36 bits per heavy atom. The van der Waals surface area contributed by atoms with Crippen molar-refractivity contribution in [3.63, 3.8) is 0 Å². The number of benzene rings is 1. The van der Waals surface area contributed by atoms with Crippen LogP contribution in [0, 0.1) is 0 Å². The van der Waals surface area contributed by atoms with Crippen molar-refractivity contribution in [1.82, 2.24) is 0 Å². The molecule has 0 atom stereocenters. The Kier molecular flexibility index (Phi) is 3.10. The maximum absolute atomic E-state index is 11.0. The maximum atomic E-state index is 11.0. The average Bonchev–Trinajstić information content (AvgIpc) is 2.01. The van der Waals surface area contributed by atoms with Crippen molar-refractivity contribution >= 4 is 27.1 Å². The van der Waals surface area contributed by atoms with Crippen LogP contribution in [0.3, 0.4) is 0 Å². The third-order valence-electron chi connectivity index (χ3n) is 1.35. The van der Waals surface area contributed by atoms with E-state index >= 15 is 0 Å². The van der Waals surface area contributed by atoms with Gasteiger partial charge < -0.3 is 4.74 Å². The highest BCUT2D eigenvalue weighted by Crippen LogP contribution is 2.22. The van der Waals surface area contributed by atoms with Gasteiger partial charge in [0, 0.05) is 11.6 Å². The summed E-state index contributed by atoms with van der Waals surface area (Å²) >= 11 is 4.94. The van der Waals surface area contributed by atoms with Crippen LogP contribution in [0.4, 0.5) is 4.79 Å². The molecule has 0 aliphatic carbocycles. The first-order valence-corrected chi connectivity index (χ1v) is 5.33. The fourth-order valence-electron chi connectivity index (χ4n) is 0.856. The fourth-order valence-corrected chi connectivity index (χ4v) is 1.60. The number of halogens is 1. The molecule has 0 heterocycles. The SMILES string of the molecule is NS(=O)(=O)c1ccccc1OC(=O)Cl. The normalized spacial score (nSPS) is 11.0. The summed E-state index contributed by atoms with van der Waals surface area (Å²) in [5.41, 5.74) is -1.12. The van der Waals surface area contributed by atoms with Crippen LogP contribution in [0.25, 0.3) is 0 Å². The number of primary sulfonamides is 1. The molecule has 0 radical (unpaired) electrons. The minimum Gasteiger partial charge on any atom is -0.413 e. The number of ether oxygens (including phenoxy) is 1. The number of carbonyl (C=O) groups is 1. The first kappa shape index (κ1) is 11.0. The predicted molar refractivity (Wildman–Crippen MR) is 49.7 cm³/mol. The van der Waals surface area contributed by atoms with E-state index in [1.165, 1.54) is 24.3 Å². The van der Waals surface area contributed by atoms with Gasteiger partial charge in [0.2, 0.25) is 10.0 Å². The number of nitrogens with two attached hydrogens (primary N) is 1. The van der Waals surface area contributed by atoms with Crippen molar-refractivity contribution in [2.75, 3.05) is 0 Å². The molecule has 0 unspecified atom stereocenters. The number of para-hydroxylation sites is 1. The van der Waals surface area contributed by atoms with E-state index < -0.39 is 15.5 Å². The van der Waals surface area contributed by atoms with Gasteiger partial charge in [-0.05, 0) is 12.1 Å². The van der Waals surface area contributed by atoms with Gasteiger partial charge in [-0.15, -0.1) is 0 Å². The van der Waals surface area contributed by atoms with Crippen LogP contribution in [-0.4, -0.2) is 13.8 Å². The van der Waals surface area contributed by atoms with Crippen LogP contribution in [-0.2, 0) is 10.0 Å². The molecule has 7 heteroatoms. The fraction of sp³-hybridized carbons (Fsp3) is 0. The topological polar surface area (TPSA) is 86.5 Å². The van der Waals surface area contributed by atoms with Crippen molar-refractivity contribution in [2.45, 2.75) is 4.90 Å². The average molecular weight is 236 g/mol. The zero-order chi connectivity index (χ0) is 10.8. The van der Waals surface area contributed by atoms with E-state index in [0.29, 0.717) is 0 Å². The highest BCUT2D eigenvalue weighted by Gasteiger charge is 2.15. The van der Waals surface area contributed by atoms with Gasteiger partial charge in [0.25, 0.3) is 0 Å². The highest BCUT2D eigenvalue weighted by molar-refractivity contribution is 7.89. The third-order valence-corrected chi connectivity index (χ3v) is 2.37. The van der Waals surface area contributed by atoms with E-state index in [4.69, 9.17) is 16.7 Å². The van der Waals surface area contributed by atoms with Crippen LogP contribution in [0.1, 0.15) is 0 Å². The lowest BCUT2D eigenvalue weighted by Crippen LogP contribution is -2.14.